The van der Waals surface area contributed by atoms with E-state index in [9.17, 15) is 4.79 Å². The summed E-state index contributed by atoms with van der Waals surface area (Å²) in [5, 5.41) is 16.6. The lowest BCUT2D eigenvalue weighted by molar-refractivity contribution is 0.102. The molecule has 21 heavy (non-hydrogen) atoms. The molecule has 6 nitrogen and oxygen atoms in total. The van der Waals surface area contributed by atoms with Crippen molar-refractivity contribution in [2.75, 3.05) is 5.32 Å². The topological polar surface area (TPSA) is 83.6 Å². The van der Waals surface area contributed by atoms with Crippen molar-refractivity contribution in [2.45, 2.75) is 0 Å². The number of nitrogens with zero attached hydrogens (tertiary/aromatic N) is 4. The van der Waals surface area contributed by atoms with E-state index in [0.29, 0.717) is 22.5 Å². The zero-order chi connectivity index (χ0) is 14.8. The van der Waals surface area contributed by atoms with Gasteiger partial charge < -0.3 is 5.32 Å². The summed E-state index contributed by atoms with van der Waals surface area (Å²) in [6, 6.07) is 11.1. The third-order valence-electron chi connectivity index (χ3n) is 3.17. The van der Waals surface area contributed by atoms with E-state index in [-0.39, 0.29) is 5.91 Å². The van der Waals surface area contributed by atoms with Gasteiger partial charge in [-0.25, -0.2) is 0 Å². The van der Waals surface area contributed by atoms with Crippen molar-refractivity contribution in [3.63, 3.8) is 0 Å². The summed E-state index contributed by atoms with van der Waals surface area (Å²) in [5.74, 6) is 0.0508. The minimum Gasteiger partial charge on any atom is -0.306 e. The number of anilines is 1. The van der Waals surface area contributed by atoms with E-state index in [2.05, 4.69) is 15.4 Å². The fourth-order valence-electron chi connectivity index (χ4n) is 2.13. The number of amides is 1. The van der Waals surface area contributed by atoms with Crippen molar-refractivity contribution < 1.29 is 4.79 Å². The van der Waals surface area contributed by atoms with Crippen LogP contribution in [0.25, 0.3) is 10.9 Å². The predicted molar refractivity (Wildman–Crippen MR) is 77.6 cm³/mol. The lowest BCUT2D eigenvalue weighted by atomic mass is 10.1. The van der Waals surface area contributed by atoms with E-state index in [1.54, 1.807) is 25.4 Å². The second-order valence-electron chi connectivity index (χ2n) is 4.48. The van der Waals surface area contributed by atoms with Crippen LogP contribution in [0.3, 0.4) is 0 Å². The van der Waals surface area contributed by atoms with Crippen LogP contribution < -0.4 is 5.32 Å². The van der Waals surface area contributed by atoms with Gasteiger partial charge in [-0.05, 0) is 12.1 Å². The molecule has 1 N–H and O–H groups in total. The monoisotopic (exact) mass is 277 g/mol. The first-order valence-electron chi connectivity index (χ1n) is 6.28. The molecule has 1 amide bonds. The first kappa shape index (κ1) is 12.8. The third-order valence-corrected chi connectivity index (χ3v) is 3.17. The standard InChI is InChI=1S/C15H11N5O/c1-20-14(11(8-16)9-18-20)19-15(21)12-6-2-4-10-5-3-7-17-13(10)12/h2-7,9H,1H3,(H,19,21). The van der Waals surface area contributed by atoms with Crippen LogP contribution in [0.1, 0.15) is 15.9 Å². The molecular formula is C15H11N5O. The van der Waals surface area contributed by atoms with Gasteiger partial charge in [-0.1, -0.05) is 18.2 Å². The molecule has 3 aromatic rings. The highest BCUT2D eigenvalue weighted by Gasteiger charge is 2.15. The zero-order valence-electron chi connectivity index (χ0n) is 11.2. The smallest absolute Gasteiger partial charge is 0.259 e. The number of rotatable bonds is 2. The van der Waals surface area contributed by atoms with Crippen molar-refractivity contribution in [1.82, 2.24) is 14.8 Å². The average molecular weight is 277 g/mol. The van der Waals surface area contributed by atoms with Crippen LogP contribution in [0.2, 0.25) is 0 Å². The van der Waals surface area contributed by atoms with Gasteiger partial charge in [0.1, 0.15) is 17.5 Å². The summed E-state index contributed by atoms with van der Waals surface area (Å²) in [6.45, 7) is 0. The maximum atomic E-state index is 12.4. The summed E-state index contributed by atoms with van der Waals surface area (Å²) in [4.78, 5) is 16.7. The van der Waals surface area contributed by atoms with Crippen molar-refractivity contribution in [1.29, 1.82) is 5.26 Å². The van der Waals surface area contributed by atoms with Gasteiger partial charge >= 0.3 is 0 Å². The Bertz CT molecular complexity index is 870. The van der Waals surface area contributed by atoms with E-state index in [4.69, 9.17) is 5.26 Å². The van der Waals surface area contributed by atoms with Gasteiger partial charge in [0.05, 0.1) is 17.3 Å². The van der Waals surface area contributed by atoms with E-state index in [1.165, 1.54) is 10.9 Å². The number of aryl methyl sites for hydroxylation is 1. The SMILES string of the molecule is Cn1ncc(C#N)c1NC(=O)c1cccc2cccnc12. The summed E-state index contributed by atoms with van der Waals surface area (Å²) in [5.41, 5.74) is 1.40. The number of hydrogen-bond donors (Lipinski definition) is 1. The highest BCUT2D eigenvalue weighted by molar-refractivity contribution is 6.11. The van der Waals surface area contributed by atoms with Crippen LogP contribution >= 0.6 is 0 Å². The number of nitrogens with one attached hydrogen (secondary N) is 1. The van der Waals surface area contributed by atoms with E-state index >= 15 is 0 Å². The van der Waals surface area contributed by atoms with Crippen molar-refractivity contribution >= 4 is 22.6 Å². The van der Waals surface area contributed by atoms with Crippen LogP contribution in [0, 0.1) is 11.3 Å². The molecule has 0 spiro atoms. The Kier molecular flexibility index (Phi) is 3.09. The van der Waals surface area contributed by atoms with Gasteiger partial charge in [0, 0.05) is 18.6 Å². The third kappa shape index (κ3) is 2.21. The Labute approximate surface area is 120 Å². The Balaban J connectivity index is 2.02. The maximum absolute atomic E-state index is 12.4. The molecule has 0 atom stereocenters. The molecule has 102 valence electrons. The Hall–Kier alpha value is -3.20. The minimum absolute atomic E-state index is 0.319. The molecule has 0 aliphatic rings. The molecule has 0 fully saturated rings. The minimum atomic E-state index is -0.320. The van der Waals surface area contributed by atoms with Crippen molar-refractivity contribution in [3.05, 3.63) is 53.9 Å². The van der Waals surface area contributed by atoms with Crippen LogP contribution in [0.15, 0.2) is 42.7 Å². The molecule has 6 heteroatoms. The Morgan fingerprint density at radius 3 is 2.95 bits per heavy atom. The molecule has 1 aromatic carbocycles. The molecule has 2 heterocycles. The van der Waals surface area contributed by atoms with E-state index in [0.717, 1.165) is 5.39 Å². The number of aromatic nitrogens is 3. The second-order valence-corrected chi connectivity index (χ2v) is 4.48. The van der Waals surface area contributed by atoms with Gasteiger partial charge in [0.2, 0.25) is 0 Å². The van der Waals surface area contributed by atoms with Gasteiger partial charge in [0.25, 0.3) is 5.91 Å². The Morgan fingerprint density at radius 2 is 2.14 bits per heavy atom. The average Bonchev–Trinajstić information content (AvgIpc) is 2.87. The molecule has 0 unspecified atom stereocenters. The zero-order valence-corrected chi connectivity index (χ0v) is 11.2. The summed E-state index contributed by atoms with van der Waals surface area (Å²) < 4.78 is 1.45. The van der Waals surface area contributed by atoms with E-state index in [1.807, 2.05) is 24.3 Å². The molecule has 0 radical (unpaired) electrons. The predicted octanol–water partition coefficient (Wildman–Crippen LogP) is 2.09. The largest absolute Gasteiger partial charge is 0.306 e. The Morgan fingerprint density at radius 1 is 1.33 bits per heavy atom. The highest BCUT2D eigenvalue weighted by Crippen LogP contribution is 2.19. The molecule has 3 rings (SSSR count). The number of benzene rings is 1. The first-order valence-corrected chi connectivity index (χ1v) is 6.28. The molecule has 0 aliphatic carbocycles. The summed E-state index contributed by atoms with van der Waals surface area (Å²) >= 11 is 0. The maximum Gasteiger partial charge on any atom is 0.259 e. The molecule has 2 aromatic heterocycles. The summed E-state index contributed by atoms with van der Waals surface area (Å²) in [6.07, 6.45) is 3.06. The molecule has 0 aliphatic heterocycles. The quantitative estimate of drug-likeness (QED) is 0.777. The van der Waals surface area contributed by atoms with Crippen LogP contribution in [0.5, 0.6) is 0 Å². The van der Waals surface area contributed by atoms with Gasteiger partial charge in [-0.3, -0.25) is 14.5 Å². The molecule has 0 saturated carbocycles. The molecule has 0 saturated heterocycles. The summed E-state index contributed by atoms with van der Waals surface area (Å²) in [7, 11) is 1.66. The highest BCUT2D eigenvalue weighted by atomic mass is 16.1. The number of pyridine rings is 1. The fourth-order valence-corrected chi connectivity index (χ4v) is 2.13. The number of nitriles is 1. The number of fused-ring (bicyclic) bond motifs is 1. The van der Waals surface area contributed by atoms with Crippen molar-refractivity contribution in [3.8, 4) is 6.07 Å². The first-order chi connectivity index (χ1) is 10.2. The number of hydrogen-bond acceptors (Lipinski definition) is 4. The van der Waals surface area contributed by atoms with Crippen LogP contribution in [-0.4, -0.2) is 20.7 Å². The molecular weight excluding hydrogens is 266 g/mol. The fraction of sp³-hybridized carbons (Fsp3) is 0.0667. The number of carbonyl (C=O) groups is 1. The lowest BCUT2D eigenvalue weighted by Gasteiger charge is -2.08. The normalized spacial score (nSPS) is 10.3. The van der Waals surface area contributed by atoms with Gasteiger partial charge in [-0.2, -0.15) is 10.4 Å². The van der Waals surface area contributed by atoms with Gasteiger partial charge in [0.15, 0.2) is 0 Å². The van der Waals surface area contributed by atoms with Crippen molar-refractivity contribution in [2.24, 2.45) is 7.05 Å². The van der Waals surface area contributed by atoms with E-state index < -0.39 is 0 Å². The lowest BCUT2D eigenvalue weighted by Crippen LogP contribution is -2.16. The second kappa shape index (κ2) is 5.06. The molecule has 0 bridgehead atoms. The van der Waals surface area contributed by atoms with Gasteiger partial charge in [-0.15, -0.1) is 0 Å². The number of para-hydroxylation sites is 1. The van der Waals surface area contributed by atoms with Crippen LogP contribution in [0.4, 0.5) is 5.82 Å². The van der Waals surface area contributed by atoms with Crippen LogP contribution in [-0.2, 0) is 7.05 Å². The number of carbonyl (C=O) groups excluding carboxylic acids is 1.